The number of rotatable bonds is 15. The van der Waals surface area contributed by atoms with Crippen molar-refractivity contribution in [1.29, 1.82) is 0 Å². The van der Waals surface area contributed by atoms with Crippen molar-refractivity contribution in [2.75, 3.05) is 19.6 Å². The number of carbonyl (C=O) groups is 5. The molecule has 296 valence electrons. The van der Waals surface area contributed by atoms with Gasteiger partial charge in [0.25, 0.3) is 5.91 Å². The van der Waals surface area contributed by atoms with E-state index in [4.69, 9.17) is 6.42 Å². The molecular weight excluding hydrogens is 709 g/mol. The van der Waals surface area contributed by atoms with Gasteiger partial charge in [-0.2, -0.15) is 4.31 Å². The number of hydrogen-bond acceptors (Lipinski definition) is 7. The van der Waals surface area contributed by atoms with E-state index < -0.39 is 69.1 Å². The molecule has 54 heavy (non-hydrogen) atoms. The zero-order valence-electron chi connectivity index (χ0n) is 32.4. The van der Waals surface area contributed by atoms with Crippen LogP contribution in [0.5, 0.6) is 0 Å². The first-order valence-electron chi connectivity index (χ1n) is 19.1. The molecule has 0 spiro atoms. The molecule has 13 nitrogen and oxygen atoms in total. The van der Waals surface area contributed by atoms with E-state index in [9.17, 15) is 32.4 Å². The summed E-state index contributed by atoms with van der Waals surface area (Å²) in [5.74, 6) is -0.525. The number of Topliss-reactive ketones (excluding diaryl/α,β-unsaturated/α-hetero) is 1. The number of sulfonamides is 1. The highest BCUT2D eigenvalue weighted by atomic mass is 32.2. The lowest BCUT2D eigenvalue weighted by atomic mass is 9.83. The lowest BCUT2D eigenvalue weighted by Gasteiger charge is -2.38. The number of carbonyl (C=O) groups excluding carboxylic acids is 5. The largest absolute Gasteiger partial charge is 0.346 e. The minimum absolute atomic E-state index is 0.0112. The number of amides is 5. The van der Waals surface area contributed by atoms with Crippen LogP contribution >= 0.6 is 0 Å². The van der Waals surface area contributed by atoms with Gasteiger partial charge < -0.3 is 26.2 Å². The number of nitrogens with zero attached hydrogens (tertiary/aromatic N) is 2. The summed E-state index contributed by atoms with van der Waals surface area (Å²) in [6.45, 7) is 13.6. The van der Waals surface area contributed by atoms with Gasteiger partial charge in [-0.15, -0.1) is 18.9 Å². The number of likely N-dealkylation sites (tertiary alicyclic amines) is 1. The number of hydrogen-bond donors (Lipinski definition) is 4. The van der Waals surface area contributed by atoms with Crippen LogP contribution in [0.3, 0.4) is 0 Å². The molecular formula is C40H58N6O7S. The summed E-state index contributed by atoms with van der Waals surface area (Å²) in [6, 6.07) is 2.59. The van der Waals surface area contributed by atoms with Crippen molar-refractivity contribution in [3.63, 3.8) is 0 Å². The van der Waals surface area contributed by atoms with E-state index in [0.29, 0.717) is 12.0 Å². The number of urea groups is 1. The van der Waals surface area contributed by atoms with Gasteiger partial charge in [-0.05, 0) is 60.5 Å². The van der Waals surface area contributed by atoms with Crippen LogP contribution in [0.4, 0.5) is 4.79 Å². The molecule has 5 amide bonds. The van der Waals surface area contributed by atoms with E-state index in [1.165, 1.54) is 15.3 Å². The summed E-state index contributed by atoms with van der Waals surface area (Å²) < 4.78 is 28.4. The molecule has 1 aliphatic carbocycles. The Morgan fingerprint density at radius 2 is 1.70 bits per heavy atom. The van der Waals surface area contributed by atoms with Crippen molar-refractivity contribution in [1.82, 2.24) is 30.5 Å². The van der Waals surface area contributed by atoms with Gasteiger partial charge >= 0.3 is 6.03 Å². The van der Waals surface area contributed by atoms with Crippen molar-refractivity contribution in [2.45, 2.75) is 122 Å². The SMILES string of the molecule is C#CCCC(NC(=O)[C@@H]1[C@@H](C(C)C)CCN1C(=O)[C@@H](NC(=O)N[C@H](CN1Cc2ccccc2S1(=O)=O)C1CCCCC1)C(C)(C)C)C(=O)C(=O)NCC=C. The third-order valence-corrected chi connectivity index (χ3v) is 12.9. The summed E-state index contributed by atoms with van der Waals surface area (Å²) in [7, 11) is -3.74. The highest BCUT2D eigenvalue weighted by Gasteiger charge is 2.48. The highest BCUT2D eigenvalue weighted by molar-refractivity contribution is 7.89. The fourth-order valence-corrected chi connectivity index (χ4v) is 9.61. The highest BCUT2D eigenvalue weighted by Crippen LogP contribution is 2.35. The molecule has 1 saturated heterocycles. The molecule has 14 heteroatoms. The number of terminal acetylenes is 1. The third-order valence-electron chi connectivity index (χ3n) is 11.0. The van der Waals surface area contributed by atoms with Crippen molar-refractivity contribution < 1.29 is 32.4 Å². The summed E-state index contributed by atoms with van der Waals surface area (Å²) in [6.07, 6.45) is 12.3. The molecule has 1 aromatic rings. The zero-order chi connectivity index (χ0) is 39.8. The molecule has 2 fully saturated rings. The van der Waals surface area contributed by atoms with Crippen molar-refractivity contribution in [2.24, 2.45) is 23.2 Å². The molecule has 1 unspecified atom stereocenters. The van der Waals surface area contributed by atoms with Gasteiger partial charge in [0, 0.05) is 38.6 Å². The normalized spacial score (nSPS) is 21.6. The van der Waals surface area contributed by atoms with Crippen LogP contribution < -0.4 is 21.3 Å². The van der Waals surface area contributed by atoms with Gasteiger partial charge in [0.05, 0.1) is 10.9 Å². The smallest absolute Gasteiger partial charge is 0.315 e. The summed E-state index contributed by atoms with van der Waals surface area (Å²) >= 11 is 0. The fourth-order valence-electron chi connectivity index (χ4n) is 7.95. The standard InChI is InChI=1S/C40H58N6O7S/c1-8-10-19-30(34(47)37(49)41-22-9-2)42-36(48)33-29(26(3)4)21-23-46(33)38(50)35(40(5,6)7)44-39(51)43-31(27-16-12-11-13-17-27)25-45-24-28-18-14-15-20-32(28)54(45,52)53/h1,9,14-15,18,20,26-27,29-31,33,35H,2,10-13,16-17,19,21-25H2,3-7H3,(H,41,49)(H,42,48)(H2,43,44,51)/t29-,30?,31-,33+,35-/m1/s1. The molecule has 2 aliphatic heterocycles. The molecule has 4 N–H and O–H groups in total. The molecule has 0 radical (unpaired) electrons. The van der Waals surface area contributed by atoms with Crippen molar-refractivity contribution >= 4 is 39.6 Å². The fraction of sp³-hybridized carbons (Fsp3) is 0.625. The van der Waals surface area contributed by atoms with Gasteiger partial charge in [-0.25, -0.2) is 13.2 Å². The predicted molar refractivity (Wildman–Crippen MR) is 206 cm³/mol. The molecule has 1 saturated carbocycles. The first-order valence-corrected chi connectivity index (χ1v) is 20.6. The topological polar surface area (TPSA) is 174 Å². The maximum atomic E-state index is 14.6. The van der Waals surface area contributed by atoms with Crippen molar-refractivity contribution in [3.8, 4) is 12.3 Å². The second kappa shape index (κ2) is 18.4. The minimum atomic E-state index is -3.74. The molecule has 4 rings (SSSR count). The third kappa shape index (κ3) is 10.1. The van der Waals surface area contributed by atoms with Gasteiger partial charge in [0.15, 0.2) is 0 Å². The Labute approximate surface area is 320 Å². The van der Waals surface area contributed by atoms with E-state index >= 15 is 0 Å². The second-order valence-electron chi connectivity index (χ2n) is 16.2. The maximum Gasteiger partial charge on any atom is 0.315 e. The molecule has 0 aromatic heterocycles. The zero-order valence-corrected chi connectivity index (χ0v) is 33.2. The van der Waals surface area contributed by atoms with Crippen LogP contribution in [0.25, 0.3) is 0 Å². The van der Waals surface area contributed by atoms with E-state index in [1.807, 2.05) is 40.7 Å². The van der Waals surface area contributed by atoms with E-state index in [1.54, 1.807) is 18.2 Å². The van der Waals surface area contributed by atoms with Crippen LogP contribution in [0, 0.1) is 35.5 Å². The molecule has 0 bridgehead atoms. The number of nitrogens with one attached hydrogen (secondary N) is 4. The lowest BCUT2D eigenvalue weighted by molar-refractivity contribution is -0.144. The predicted octanol–water partition coefficient (Wildman–Crippen LogP) is 3.50. The molecule has 3 aliphatic rings. The second-order valence-corrected chi connectivity index (χ2v) is 18.1. The number of fused-ring (bicyclic) bond motifs is 1. The van der Waals surface area contributed by atoms with Gasteiger partial charge in [0.1, 0.15) is 12.1 Å². The Morgan fingerprint density at radius 3 is 2.31 bits per heavy atom. The van der Waals surface area contributed by atoms with Gasteiger partial charge in [-0.3, -0.25) is 19.2 Å². The van der Waals surface area contributed by atoms with Crippen LogP contribution in [-0.2, 0) is 35.7 Å². The summed E-state index contributed by atoms with van der Waals surface area (Å²) in [4.78, 5) is 70.0. The minimum Gasteiger partial charge on any atom is -0.346 e. The van der Waals surface area contributed by atoms with Crippen LogP contribution in [0.2, 0.25) is 0 Å². The van der Waals surface area contributed by atoms with Gasteiger partial charge in [0.2, 0.25) is 27.6 Å². The number of benzene rings is 1. The van der Waals surface area contributed by atoms with E-state index in [0.717, 1.165) is 32.1 Å². The molecule has 5 atom stereocenters. The molecule has 2 heterocycles. The quantitative estimate of drug-likeness (QED) is 0.120. The van der Waals surface area contributed by atoms with Crippen LogP contribution in [-0.4, -0.2) is 91.0 Å². The monoisotopic (exact) mass is 766 g/mol. The first kappa shape index (κ1) is 42.5. The summed E-state index contributed by atoms with van der Waals surface area (Å²) in [5, 5.41) is 11.2. The Hall–Kier alpha value is -4.22. The average molecular weight is 767 g/mol. The van der Waals surface area contributed by atoms with E-state index in [2.05, 4.69) is 33.8 Å². The first-order chi connectivity index (χ1) is 25.5. The van der Waals surface area contributed by atoms with Gasteiger partial charge in [-0.1, -0.05) is 78.2 Å². The lowest BCUT2D eigenvalue weighted by Crippen LogP contribution is -2.62. The van der Waals surface area contributed by atoms with Crippen molar-refractivity contribution in [3.05, 3.63) is 42.5 Å². The summed E-state index contributed by atoms with van der Waals surface area (Å²) in [5.41, 5.74) is -0.0745. The van der Waals surface area contributed by atoms with E-state index in [-0.39, 0.29) is 61.7 Å². The van der Waals surface area contributed by atoms with Crippen LogP contribution in [0.1, 0.15) is 91.5 Å². The molecule has 1 aromatic carbocycles. The Bertz CT molecular complexity index is 1710. The average Bonchev–Trinajstić information content (AvgIpc) is 3.69. The number of ketones is 1. The Balaban J connectivity index is 1.55. The van der Waals surface area contributed by atoms with Crippen LogP contribution in [0.15, 0.2) is 41.8 Å². The Morgan fingerprint density at radius 1 is 1.02 bits per heavy atom. The Kier molecular flexibility index (Phi) is 14.5. The maximum absolute atomic E-state index is 14.6.